The normalized spacial score (nSPS) is 17.1. The van der Waals surface area contributed by atoms with Gasteiger partial charge >= 0.3 is 0 Å². The predicted molar refractivity (Wildman–Crippen MR) is 164 cm³/mol. The molecular weight excluding hydrogens is 624 g/mol. The number of nitrogens with zero attached hydrogens (tertiary/aromatic N) is 3. The van der Waals surface area contributed by atoms with Gasteiger partial charge in [-0.25, -0.2) is 40.9 Å². The third-order valence-electron chi connectivity index (χ3n) is 6.90. The number of fused-ring (bicyclic) bond motifs is 1. The molecule has 0 spiro atoms. The van der Waals surface area contributed by atoms with Crippen molar-refractivity contribution in [3.05, 3.63) is 66.2 Å². The van der Waals surface area contributed by atoms with E-state index >= 15 is 0 Å². The average Bonchev–Trinajstić information content (AvgIpc) is 2.95. The molecule has 0 bridgehead atoms. The van der Waals surface area contributed by atoms with E-state index in [-0.39, 0.29) is 41.2 Å². The quantitative estimate of drug-likeness (QED) is 0.172. The molecule has 3 heterocycles. The first kappa shape index (κ1) is 33.1. The first-order chi connectivity index (χ1) is 20.4. The van der Waals surface area contributed by atoms with Crippen LogP contribution in [0.25, 0.3) is 22.0 Å². The van der Waals surface area contributed by atoms with Gasteiger partial charge in [-0.15, -0.1) is 12.4 Å². The summed E-state index contributed by atoms with van der Waals surface area (Å²) >= 11 is 0. The van der Waals surface area contributed by atoms with Gasteiger partial charge in [0, 0.05) is 55.1 Å². The lowest BCUT2D eigenvalue weighted by molar-refractivity contribution is 0.0189. The van der Waals surface area contributed by atoms with Crippen molar-refractivity contribution in [3.63, 3.8) is 0 Å². The van der Waals surface area contributed by atoms with Crippen molar-refractivity contribution in [1.82, 2.24) is 20.3 Å². The zero-order valence-electron chi connectivity index (χ0n) is 23.8. The second kappa shape index (κ2) is 13.5. The van der Waals surface area contributed by atoms with Crippen LogP contribution < -0.4 is 20.1 Å². The fourth-order valence-corrected chi connectivity index (χ4v) is 5.99. The van der Waals surface area contributed by atoms with Crippen molar-refractivity contribution < 1.29 is 30.7 Å². The zero-order chi connectivity index (χ0) is 30.8. The number of rotatable bonds is 10. The maximum atomic E-state index is 14.9. The first-order valence-electron chi connectivity index (χ1n) is 13.6. The van der Waals surface area contributed by atoms with Gasteiger partial charge in [0.15, 0.2) is 0 Å². The van der Waals surface area contributed by atoms with Crippen molar-refractivity contribution in [2.24, 2.45) is 0 Å². The molecule has 1 aliphatic rings. The molecule has 4 aromatic rings. The van der Waals surface area contributed by atoms with Gasteiger partial charge in [0.1, 0.15) is 17.7 Å². The average molecular weight is 655 g/mol. The number of halogens is 5. The van der Waals surface area contributed by atoms with Gasteiger partial charge in [-0.2, -0.15) is 0 Å². The number of hydrogen-bond acceptors (Lipinski definition) is 8. The Morgan fingerprint density at radius 1 is 1.07 bits per heavy atom. The van der Waals surface area contributed by atoms with Gasteiger partial charge < -0.3 is 15.4 Å². The number of aryl methyl sites for hydroxylation is 1. The number of aromatic nitrogens is 3. The van der Waals surface area contributed by atoms with Crippen molar-refractivity contribution >= 4 is 44.8 Å². The number of anilines is 2. The fourth-order valence-electron chi connectivity index (χ4n) is 4.74. The Kier molecular flexibility index (Phi) is 10.2. The summed E-state index contributed by atoms with van der Waals surface area (Å²) in [4.78, 5) is 13.2. The molecule has 3 N–H and O–H groups in total. The van der Waals surface area contributed by atoms with Gasteiger partial charge in [-0.3, -0.25) is 4.72 Å². The Morgan fingerprint density at radius 3 is 2.59 bits per heavy atom. The van der Waals surface area contributed by atoms with Crippen molar-refractivity contribution in [3.8, 4) is 22.9 Å². The van der Waals surface area contributed by atoms with E-state index in [0.717, 1.165) is 6.07 Å². The lowest BCUT2D eigenvalue weighted by Gasteiger charge is -2.26. The van der Waals surface area contributed by atoms with Gasteiger partial charge in [0.2, 0.25) is 27.8 Å². The summed E-state index contributed by atoms with van der Waals surface area (Å²) in [7, 11) is -4.29. The number of sulfonamides is 1. The Balaban J connectivity index is 0.00000442. The summed E-state index contributed by atoms with van der Waals surface area (Å²) in [5.41, 5.74) is 1.26. The van der Waals surface area contributed by atoms with E-state index in [1.54, 1.807) is 37.4 Å². The van der Waals surface area contributed by atoms with Crippen LogP contribution in [-0.2, 0) is 10.0 Å². The molecule has 2 aromatic heterocycles. The molecule has 2 atom stereocenters. The topological polar surface area (TPSA) is 118 Å². The third-order valence-corrected chi connectivity index (χ3v) is 8.15. The third kappa shape index (κ3) is 8.04. The maximum Gasteiger partial charge on any atom is 0.246 e. The Morgan fingerprint density at radius 2 is 1.84 bits per heavy atom. The number of hydrogen-bond donors (Lipinski definition) is 3. The summed E-state index contributed by atoms with van der Waals surface area (Å²) in [5.74, 6) is -4.20. The molecular formula is C29H31ClF4N6O3S. The van der Waals surface area contributed by atoms with Crippen molar-refractivity contribution in [1.29, 1.82) is 0 Å². The standard InChI is InChI=1S/C29H30F4N6O3S.ClH/c1-17-5-6-20-21(7-8-23(31)25(20)39-43(40,41)13-10-29(2,32)33)26(17)42-27-22(4-3-11-35-27)24-9-12-36-28(38-24)37-19-14-18(30)15-34-16-19;/h3-9,11-12,18-19,34,39H,10,13-16H2,1-2H3,(H,36,37,38);1H/t18-,19-;/m1./s1. The molecule has 236 valence electrons. The number of alkyl halides is 3. The van der Waals surface area contributed by atoms with Crippen LogP contribution in [0.2, 0.25) is 0 Å². The molecule has 1 fully saturated rings. The van der Waals surface area contributed by atoms with Crippen LogP contribution in [0, 0.1) is 12.7 Å². The fraction of sp³-hybridized carbons (Fsp3) is 0.345. The summed E-state index contributed by atoms with van der Waals surface area (Å²) in [6.45, 7) is 3.25. The second-order valence-electron chi connectivity index (χ2n) is 10.5. The smallest absolute Gasteiger partial charge is 0.246 e. The van der Waals surface area contributed by atoms with Crippen molar-refractivity contribution in [2.75, 3.05) is 28.9 Å². The van der Waals surface area contributed by atoms with E-state index in [2.05, 4.69) is 30.3 Å². The van der Waals surface area contributed by atoms with E-state index in [4.69, 9.17) is 4.74 Å². The Labute approximate surface area is 258 Å². The lowest BCUT2D eigenvalue weighted by atomic mass is 10.0. The molecule has 9 nitrogen and oxygen atoms in total. The van der Waals surface area contributed by atoms with E-state index in [9.17, 15) is 26.0 Å². The molecule has 15 heteroatoms. The highest BCUT2D eigenvalue weighted by Gasteiger charge is 2.27. The minimum Gasteiger partial charge on any atom is -0.437 e. The van der Waals surface area contributed by atoms with Gasteiger partial charge in [0.25, 0.3) is 0 Å². The first-order valence-corrected chi connectivity index (χ1v) is 15.2. The minimum atomic E-state index is -4.29. The molecule has 0 saturated carbocycles. The molecule has 0 aliphatic carbocycles. The van der Waals surface area contributed by atoms with E-state index < -0.39 is 40.1 Å². The molecule has 1 aliphatic heterocycles. The maximum absolute atomic E-state index is 14.9. The van der Waals surface area contributed by atoms with Gasteiger partial charge in [-0.05, 0) is 49.7 Å². The van der Waals surface area contributed by atoms with Crippen molar-refractivity contribution in [2.45, 2.75) is 44.8 Å². The molecule has 5 rings (SSSR count). The second-order valence-corrected chi connectivity index (χ2v) is 12.4. The molecule has 2 aromatic carbocycles. The van der Waals surface area contributed by atoms with Crippen LogP contribution >= 0.6 is 12.4 Å². The van der Waals surface area contributed by atoms with Gasteiger partial charge in [0.05, 0.1) is 22.7 Å². The van der Waals surface area contributed by atoms with Crippen LogP contribution in [0.4, 0.5) is 29.2 Å². The van der Waals surface area contributed by atoms with E-state index in [1.165, 1.54) is 18.3 Å². The van der Waals surface area contributed by atoms with E-state index in [1.807, 2.05) is 0 Å². The minimum absolute atomic E-state index is 0. The molecule has 0 unspecified atom stereocenters. The monoisotopic (exact) mass is 654 g/mol. The number of ether oxygens (including phenoxy) is 1. The predicted octanol–water partition coefficient (Wildman–Crippen LogP) is 6.25. The molecule has 0 radical (unpaired) electrons. The van der Waals surface area contributed by atoms with Crippen LogP contribution in [0.15, 0.2) is 54.9 Å². The van der Waals surface area contributed by atoms with Crippen LogP contribution in [0.5, 0.6) is 11.6 Å². The van der Waals surface area contributed by atoms with Crippen LogP contribution in [-0.4, -0.2) is 60.3 Å². The lowest BCUT2D eigenvalue weighted by Crippen LogP contribution is -2.44. The van der Waals surface area contributed by atoms with E-state index in [0.29, 0.717) is 54.6 Å². The summed E-state index contributed by atoms with van der Waals surface area (Å²) in [6, 6.07) is 10.6. The number of nitrogens with one attached hydrogen (secondary N) is 3. The number of pyridine rings is 1. The number of benzene rings is 2. The summed E-state index contributed by atoms with van der Waals surface area (Å²) < 4.78 is 88.9. The van der Waals surface area contributed by atoms with Gasteiger partial charge in [-0.1, -0.05) is 12.1 Å². The summed E-state index contributed by atoms with van der Waals surface area (Å²) in [5, 5.41) is 6.72. The largest absolute Gasteiger partial charge is 0.437 e. The zero-order valence-corrected chi connectivity index (χ0v) is 25.4. The molecule has 0 amide bonds. The van der Waals surface area contributed by atoms with Crippen LogP contribution in [0.1, 0.15) is 25.3 Å². The highest BCUT2D eigenvalue weighted by atomic mass is 35.5. The summed E-state index contributed by atoms with van der Waals surface area (Å²) in [6.07, 6.45) is 1.52. The number of piperidine rings is 1. The Bertz CT molecular complexity index is 1740. The SMILES string of the molecule is Cc1ccc2c(NS(=O)(=O)CCC(C)(F)F)c(F)ccc2c1Oc1ncccc1-c1ccnc(N[C@H]2CNC[C@H](F)C2)n1.Cl. The molecule has 44 heavy (non-hydrogen) atoms. The van der Waals surface area contributed by atoms with Crippen LogP contribution in [0.3, 0.4) is 0 Å². The highest BCUT2D eigenvalue weighted by Crippen LogP contribution is 2.40. The molecule has 1 saturated heterocycles. The highest BCUT2D eigenvalue weighted by molar-refractivity contribution is 7.92. The Hall–Kier alpha value is -3.75.